The van der Waals surface area contributed by atoms with Crippen molar-refractivity contribution >= 4 is 16.7 Å². The summed E-state index contributed by atoms with van der Waals surface area (Å²) in [6.45, 7) is 0. The molecule has 3 rings (SSSR count). The molecular weight excluding hydrogens is 200 g/mol. The van der Waals surface area contributed by atoms with Crippen LogP contribution in [0.4, 0.5) is 5.82 Å². The smallest absolute Gasteiger partial charge is 0.153 e. The van der Waals surface area contributed by atoms with Crippen molar-refractivity contribution in [3.8, 4) is 11.1 Å². The van der Waals surface area contributed by atoms with E-state index >= 15 is 0 Å². The quantitative estimate of drug-likeness (QED) is 0.647. The van der Waals surface area contributed by atoms with Crippen LogP contribution in [0.1, 0.15) is 0 Å². The van der Waals surface area contributed by atoms with Gasteiger partial charge in [0.25, 0.3) is 0 Å². The third-order valence-corrected chi connectivity index (χ3v) is 2.62. The minimum atomic E-state index is 0.533. The van der Waals surface area contributed by atoms with Gasteiger partial charge < -0.3 is 5.73 Å². The Hall–Kier alpha value is -2.36. The van der Waals surface area contributed by atoms with Gasteiger partial charge in [-0.2, -0.15) is 5.10 Å². The maximum Gasteiger partial charge on any atom is 0.153 e. The van der Waals surface area contributed by atoms with Gasteiger partial charge in [-0.05, 0) is 23.8 Å². The number of fused-ring (bicyclic) bond motifs is 1. The summed E-state index contributed by atoms with van der Waals surface area (Å²) >= 11 is 0. The molecule has 2 heterocycles. The molecule has 0 amide bonds. The number of hydrogen-bond acceptors (Lipinski definition) is 3. The zero-order valence-electron chi connectivity index (χ0n) is 8.51. The average molecular weight is 210 g/mol. The normalized spacial score (nSPS) is 10.8. The van der Waals surface area contributed by atoms with Gasteiger partial charge in [-0.1, -0.05) is 12.1 Å². The second-order valence-corrected chi connectivity index (χ2v) is 3.57. The molecule has 4 nitrogen and oxygen atoms in total. The van der Waals surface area contributed by atoms with Crippen molar-refractivity contribution in [2.24, 2.45) is 0 Å². The van der Waals surface area contributed by atoms with Crippen LogP contribution in [0, 0.1) is 0 Å². The monoisotopic (exact) mass is 210 g/mol. The predicted octanol–water partition coefficient (Wildman–Crippen LogP) is 2.21. The number of anilines is 1. The van der Waals surface area contributed by atoms with Gasteiger partial charge in [-0.25, -0.2) is 0 Å². The summed E-state index contributed by atoms with van der Waals surface area (Å²) in [4.78, 5) is 4.01. The summed E-state index contributed by atoms with van der Waals surface area (Å²) in [6.07, 6.45) is 3.54. The number of pyridine rings is 1. The molecule has 0 saturated heterocycles. The summed E-state index contributed by atoms with van der Waals surface area (Å²) < 4.78 is 0. The number of benzene rings is 1. The lowest BCUT2D eigenvalue weighted by Gasteiger charge is -2.01. The zero-order chi connectivity index (χ0) is 11.0. The van der Waals surface area contributed by atoms with Crippen molar-refractivity contribution < 1.29 is 0 Å². The van der Waals surface area contributed by atoms with Crippen molar-refractivity contribution in [3.05, 3.63) is 42.7 Å². The summed E-state index contributed by atoms with van der Waals surface area (Å²) in [5, 5.41) is 7.93. The first-order valence-corrected chi connectivity index (χ1v) is 4.99. The van der Waals surface area contributed by atoms with Crippen LogP contribution in [-0.4, -0.2) is 15.2 Å². The first kappa shape index (κ1) is 8.91. The molecule has 0 aliphatic carbocycles. The molecule has 0 unspecified atom stereocenters. The molecule has 1 aromatic carbocycles. The first-order valence-electron chi connectivity index (χ1n) is 4.99. The minimum absolute atomic E-state index is 0.533. The van der Waals surface area contributed by atoms with E-state index in [1.165, 1.54) is 0 Å². The molecule has 0 fully saturated rings. The minimum Gasteiger partial charge on any atom is -0.382 e. The molecule has 4 heteroatoms. The van der Waals surface area contributed by atoms with E-state index < -0.39 is 0 Å². The Kier molecular flexibility index (Phi) is 1.86. The standard InChI is InChI=1S/C12H10N4/c13-12-10-3-1-2-9(11(10)15-16-12)8-4-6-14-7-5-8/h1-7H,(H3,13,15,16). The molecule has 0 aliphatic heterocycles. The molecule has 78 valence electrons. The number of nitrogens with two attached hydrogens (primary N) is 1. The van der Waals surface area contributed by atoms with Crippen LogP contribution in [0.2, 0.25) is 0 Å². The van der Waals surface area contributed by atoms with Crippen molar-refractivity contribution in [1.82, 2.24) is 15.2 Å². The number of aromatic nitrogens is 3. The number of aromatic amines is 1. The van der Waals surface area contributed by atoms with Gasteiger partial charge in [-0.3, -0.25) is 10.1 Å². The highest BCUT2D eigenvalue weighted by Gasteiger charge is 2.07. The van der Waals surface area contributed by atoms with Crippen LogP contribution in [0.15, 0.2) is 42.7 Å². The fraction of sp³-hybridized carbons (Fsp3) is 0. The molecular formula is C12H10N4. The Balaban J connectivity index is 2.32. The van der Waals surface area contributed by atoms with Crippen molar-refractivity contribution in [2.45, 2.75) is 0 Å². The number of hydrogen-bond donors (Lipinski definition) is 2. The third kappa shape index (κ3) is 1.24. The van der Waals surface area contributed by atoms with Gasteiger partial charge in [0.05, 0.1) is 5.52 Å². The fourth-order valence-electron chi connectivity index (χ4n) is 1.83. The van der Waals surface area contributed by atoms with Crippen LogP contribution in [-0.2, 0) is 0 Å². The molecule has 3 aromatic rings. The van der Waals surface area contributed by atoms with E-state index in [-0.39, 0.29) is 0 Å². The highest BCUT2D eigenvalue weighted by atomic mass is 15.1. The molecule has 0 spiro atoms. The van der Waals surface area contributed by atoms with E-state index in [2.05, 4.69) is 15.2 Å². The van der Waals surface area contributed by atoms with Crippen LogP contribution in [0.25, 0.3) is 22.0 Å². The van der Waals surface area contributed by atoms with Crippen LogP contribution in [0.5, 0.6) is 0 Å². The molecule has 0 aliphatic rings. The van der Waals surface area contributed by atoms with Gasteiger partial charge in [0.1, 0.15) is 0 Å². The largest absolute Gasteiger partial charge is 0.382 e. The van der Waals surface area contributed by atoms with E-state index in [1.54, 1.807) is 12.4 Å². The van der Waals surface area contributed by atoms with Crippen molar-refractivity contribution in [2.75, 3.05) is 5.73 Å². The molecule has 2 aromatic heterocycles. The first-order chi connectivity index (χ1) is 7.86. The van der Waals surface area contributed by atoms with Gasteiger partial charge in [0.2, 0.25) is 0 Å². The Morgan fingerprint density at radius 2 is 1.88 bits per heavy atom. The number of nitrogens with zero attached hydrogens (tertiary/aromatic N) is 2. The van der Waals surface area contributed by atoms with E-state index in [0.29, 0.717) is 5.82 Å². The van der Waals surface area contributed by atoms with E-state index in [1.807, 2.05) is 30.3 Å². The predicted molar refractivity (Wildman–Crippen MR) is 63.7 cm³/mol. The number of nitrogen functional groups attached to an aromatic ring is 1. The highest BCUT2D eigenvalue weighted by molar-refractivity contribution is 5.98. The second kappa shape index (κ2) is 3.34. The maximum absolute atomic E-state index is 5.77. The topological polar surface area (TPSA) is 67.6 Å². The number of H-pyrrole nitrogens is 1. The lowest BCUT2D eigenvalue weighted by molar-refractivity contribution is 1.13. The SMILES string of the molecule is Nc1n[nH]c2c(-c3ccncc3)cccc12. The lowest BCUT2D eigenvalue weighted by atomic mass is 10.0. The summed E-state index contributed by atoms with van der Waals surface area (Å²) in [5.74, 6) is 0.533. The van der Waals surface area contributed by atoms with E-state index in [9.17, 15) is 0 Å². The summed E-state index contributed by atoms with van der Waals surface area (Å²) in [5.41, 5.74) is 8.92. The Bertz CT molecular complexity index is 628. The fourth-order valence-corrected chi connectivity index (χ4v) is 1.83. The number of rotatable bonds is 1. The van der Waals surface area contributed by atoms with E-state index in [0.717, 1.165) is 22.0 Å². The van der Waals surface area contributed by atoms with Crippen LogP contribution in [0.3, 0.4) is 0 Å². The molecule has 16 heavy (non-hydrogen) atoms. The molecule has 0 saturated carbocycles. The molecule has 3 N–H and O–H groups in total. The maximum atomic E-state index is 5.77. The lowest BCUT2D eigenvalue weighted by Crippen LogP contribution is -1.83. The van der Waals surface area contributed by atoms with Gasteiger partial charge >= 0.3 is 0 Å². The number of nitrogens with one attached hydrogen (secondary N) is 1. The Labute approximate surface area is 92.1 Å². The molecule has 0 radical (unpaired) electrons. The van der Waals surface area contributed by atoms with Crippen LogP contribution < -0.4 is 5.73 Å². The van der Waals surface area contributed by atoms with Gasteiger partial charge in [0.15, 0.2) is 5.82 Å². The summed E-state index contributed by atoms with van der Waals surface area (Å²) in [7, 11) is 0. The van der Waals surface area contributed by atoms with Crippen molar-refractivity contribution in [3.63, 3.8) is 0 Å². The Morgan fingerprint density at radius 3 is 2.69 bits per heavy atom. The third-order valence-electron chi connectivity index (χ3n) is 2.62. The highest BCUT2D eigenvalue weighted by Crippen LogP contribution is 2.28. The average Bonchev–Trinajstić information content (AvgIpc) is 2.73. The van der Waals surface area contributed by atoms with Crippen molar-refractivity contribution in [1.29, 1.82) is 0 Å². The van der Waals surface area contributed by atoms with Gasteiger partial charge in [-0.15, -0.1) is 0 Å². The molecule has 0 atom stereocenters. The molecule has 0 bridgehead atoms. The van der Waals surface area contributed by atoms with E-state index in [4.69, 9.17) is 5.73 Å². The summed E-state index contributed by atoms with van der Waals surface area (Å²) in [6, 6.07) is 9.90. The zero-order valence-corrected chi connectivity index (χ0v) is 8.51. The number of para-hydroxylation sites is 1. The Morgan fingerprint density at radius 1 is 1.06 bits per heavy atom. The second-order valence-electron chi connectivity index (χ2n) is 3.57. The van der Waals surface area contributed by atoms with Crippen LogP contribution >= 0.6 is 0 Å². The van der Waals surface area contributed by atoms with Gasteiger partial charge in [0, 0.05) is 23.3 Å².